The van der Waals surface area contributed by atoms with Gasteiger partial charge in [-0.3, -0.25) is 9.52 Å². The summed E-state index contributed by atoms with van der Waals surface area (Å²) in [6.07, 6.45) is 0. The average Bonchev–Trinajstić information content (AvgIpc) is 2.48. The lowest BCUT2D eigenvalue weighted by Crippen LogP contribution is -2.13. The number of carbonyl (C=O) groups excluding carboxylic acids is 1. The van der Waals surface area contributed by atoms with Crippen LogP contribution in [0, 0.1) is 0 Å². The Morgan fingerprint density at radius 3 is 2.45 bits per heavy atom. The number of carbonyl (C=O) groups is 1. The van der Waals surface area contributed by atoms with Crippen molar-refractivity contribution < 1.29 is 13.2 Å². The van der Waals surface area contributed by atoms with Gasteiger partial charge in [-0.1, -0.05) is 29.4 Å². The Morgan fingerprint density at radius 1 is 1.18 bits per heavy atom. The molecule has 0 aliphatic heterocycles. The van der Waals surface area contributed by atoms with Crippen molar-refractivity contribution in [3.8, 4) is 0 Å². The Balaban J connectivity index is 2.29. The Labute approximate surface area is 127 Å². The van der Waals surface area contributed by atoms with Crippen molar-refractivity contribution in [2.45, 2.75) is 11.8 Å². The molecule has 7 nitrogen and oxygen atoms in total. The quantitative estimate of drug-likeness (QED) is 0.393. The predicted octanol–water partition coefficient (Wildman–Crippen LogP) is 3.63. The van der Waals surface area contributed by atoms with Crippen LogP contribution in [0.2, 0.25) is 0 Å². The molecule has 112 valence electrons. The molecule has 0 radical (unpaired) electrons. The largest absolute Gasteiger partial charge is 0.295 e. The van der Waals surface area contributed by atoms with Gasteiger partial charge < -0.3 is 0 Å². The molecule has 0 saturated heterocycles. The molecule has 22 heavy (non-hydrogen) atoms. The fourth-order valence-electron chi connectivity index (χ4n) is 1.76. The van der Waals surface area contributed by atoms with Gasteiger partial charge in [-0.25, -0.2) is 8.42 Å². The number of hydrogen-bond acceptors (Lipinski definition) is 4. The van der Waals surface area contributed by atoms with Gasteiger partial charge in [0.05, 0.1) is 4.90 Å². The summed E-state index contributed by atoms with van der Waals surface area (Å²) in [4.78, 5) is 14.0. The molecule has 0 aromatic heterocycles. The minimum absolute atomic E-state index is 0.0256. The third kappa shape index (κ3) is 3.63. The molecule has 0 atom stereocenters. The number of sulfonamides is 1. The second kappa shape index (κ2) is 6.30. The minimum atomic E-state index is -3.78. The van der Waals surface area contributed by atoms with E-state index in [9.17, 15) is 13.2 Å². The first-order valence-electron chi connectivity index (χ1n) is 6.21. The van der Waals surface area contributed by atoms with Crippen LogP contribution < -0.4 is 4.72 Å². The van der Waals surface area contributed by atoms with Crippen molar-refractivity contribution in [2.75, 3.05) is 4.72 Å². The van der Waals surface area contributed by atoms with E-state index in [-0.39, 0.29) is 10.7 Å². The highest BCUT2D eigenvalue weighted by Gasteiger charge is 2.14. The van der Waals surface area contributed by atoms with Gasteiger partial charge in [0.2, 0.25) is 0 Å². The average molecular weight is 316 g/mol. The normalized spacial score (nSPS) is 10.6. The van der Waals surface area contributed by atoms with Crippen LogP contribution in [-0.4, -0.2) is 14.2 Å². The molecule has 0 spiro atoms. The molecular weight excluding hydrogens is 304 g/mol. The number of hydrogen-bond donors (Lipinski definition) is 1. The first-order chi connectivity index (χ1) is 10.4. The van der Waals surface area contributed by atoms with Gasteiger partial charge in [-0.2, -0.15) is 0 Å². The SMILES string of the molecule is CC(=O)c1cccc(NS(=O)(=O)c2ccc(N=[N+]=[N-])cc2)c1. The predicted molar refractivity (Wildman–Crippen MR) is 82.5 cm³/mol. The van der Waals surface area contributed by atoms with Gasteiger partial charge >= 0.3 is 0 Å². The Kier molecular flexibility index (Phi) is 4.45. The van der Waals surface area contributed by atoms with E-state index in [1.807, 2.05) is 0 Å². The third-order valence-corrected chi connectivity index (χ3v) is 4.23. The van der Waals surface area contributed by atoms with Crippen LogP contribution >= 0.6 is 0 Å². The number of nitrogens with zero attached hydrogens (tertiary/aromatic N) is 3. The highest BCUT2D eigenvalue weighted by Crippen LogP contribution is 2.20. The first-order valence-corrected chi connectivity index (χ1v) is 7.70. The summed E-state index contributed by atoms with van der Waals surface area (Å²) in [5.74, 6) is -0.153. The summed E-state index contributed by atoms with van der Waals surface area (Å²) in [7, 11) is -3.78. The van der Waals surface area contributed by atoms with Crippen molar-refractivity contribution in [3.63, 3.8) is 0 Å². The molecular formula is C14H12N4O3S. The summed E-state index contributed by atoms with van der Waals surface area (Å²) in [5.41, 5.74) is 9.35. The molecule has 2 aromatic rings. The highest BCUT2D eigenvalue weighted by atomic mass is 32.2. The zero-order valence-corrected chi connectivity index (χ0v) is 12.4. The van der Waals surface area contributed by atoms with Gasteiger partial charge in [0.15, 0.2) is 5.78 Å². The van der Waals surface area contributed by atoms with Crippen LogP contribution in [0.5, 0.6) is 0 Å². The number of azide groups is 1. The molecule has 0 unspecified atom stereocenters. The van der Waals surface area contributed by atoms with Crippen molar-refractivity contribution in [3.05, 3.63) is 64.5 Å². The van der Waals surface area contributed by atoms with Crippen LogP contribution in [0.25, 0.3) is 10.4 Å². The van der Waals surface area contributed by atoms with Crippen LogP contribution in [-0.2, 0) is 10.0 Å². The third-order valence-electron chi connectivity index (χ3n) is 2.83. The number of anilines is 1. The Hall–Kier alpha value is -2.83. The first kappa shape index (κ1) is 15.6. The smallest absolute Gasteiger partial charge is 0.261 e. The second-order valence-corrected chi connectivity index (χ2v) is 6.11. The maximum atomic E-state index is 12.3. The number of ketones is 1. The number of Topliss-reactive ketones (excluding diaryl/α,β-unsaturated/α-hetero) is 1. The van der Waals surface area contributed by atoms with Gasteiger partial charge in [0, 0.05) is 21.8 Å². The lowest BCUT2D eigenvalue weighted by atomic mass is 10.1. The monoisotopic (exact) mass is 316 g/mol. The lowest BCUT2D eigenvalue weighted by Gasteiger charge is -2.09. The van der Waals surface area contributed by atoms with E-state index in [1.54, 1.807) is 18.2 Å². The maximum Gasteiger partial charge on any atom is 0.261 e. The van der Waals surface area contributed by atoms with Crippen molar-refractivity contribution in [2.24, 2.45) is 5.11 Å². The van der Waals surface area contributed by atoms with Crippen LogP contribution in [0.1, 0.15) is 17.3 Å². The molecule has 0 heterocycles. The van der Waals surface area contributed by atoms with Gasteiger partial charge in [-0.05, 0) is 36.7 Å². The lowest BCUT2D eigenvalue weighted by molar-refractivity contribution is 0.101. The molecule has 1 N–H and O–H groups in total. The number of rotatable bonds is 5. The zero-order chi connectivity index (χ0) is 16.2. The molecule has 2 rings (SSSR count). The molecule has 0 saturated carbocycles. The van der Waals surface area contributed by atoms with E-state index >= 15 is 0 Å². The van der Waals surface area contributed by atoms with Crippen LogP contribution in [0.3, 0.4) is 0 Å². The summed E-state index contributed by atoms with van der Waals surface area (Å²) < 4.78 is 26.9. The van der Waals surface area contributed by atoms with E-state index in [0.717, 1.165) is 0 Å². The molecule has 0 amide bonds. The Bertz CT molecular complexity index is 854. The maximum absolute atomic E-state index is 12.3. The van der Waals surface area contributed by atoms with Crippen molar-refractivity contribution in [1.29, 1.82) is 0 Å². The van der Waals surface area contributed by atoms with E-state index in [1.165, 1.54) is 37.3 Å². The molecule has 8 heteroatoms. The van der Waals surface area contributed by atoms with Gasteiger partial charge in [-0.15, -0.1) is 0 Å². The van der Waals surface area contributed by atoms with E-state index in [0.29, 0.717) is 16.9 Å². The van der Waals surface area contributed by atoms with Gasteiger partial charge in [0.1, 0.15) is 0 Å². The molecule has 0 bridgehead atoms. The van der Waals surface area contributed by atoms with Crippen molar-refractivity contribution in [1.82, 2.24) is 0 Å². The van der Waals surface area contributed by atoms with E-state index in [2.05, 4.69) is 14.7 Å². The Morgan fingerprint density at radius 2 is 1.86 bits per heavy atom. The second-order valence-electron chi connectivity index (χ2n) is 4.43. The standard InChI is InChI=1S/C14H12N4O3S/c1-10(19)11-3-2-4-13(9-11)17-22(20,21)14-7-5-12(6-8-14)16-18-15/h2-9,17H,1H3. The van der Waals surface area contributed by atoms with Crippen molar-refractivity contribution >= 4 is 27.2 Å². The summed E-state index contributed by atoms with van der Waals surface area (Å²) in [5, 5.41) is 3.37. The minimum Gasteiger partial charge on any atom is -0.295 e. The van der Waals surface area contributed by atoms with E-state index < -0.39 is 10.0 Å². The number of nitrogens with one attached hydrogen (secondary N) is 1. The summed E-state index contributed by atoms with van der Waals surface area (Å²) in [6, 6.07) is 11.7. The summed E-state index contributed by atoms with van der Waals surface area (Å²) in [6.45, 7) is 1.40. The molecule has 0 aliphatic rings. The molecule has 0 fully saturated rings. The fourth-order valence-corrected chi connectivity index (χ4v) is 2.81. The van der Waals surface area contributed by atoms with Crippen LogP contribution in [0.15, 0.2) is 58.5 Å². The van der Waals surface area contributed by atoms with E-state index in [4.69, 9.17) is 5.53 Å². The molecule has 0 aliphatic carbocycles. The van der Waals surface area contributed by atoms with Crippen LogP contribution in [0.4, 0.5) is 11.4 Å². The molecule has 2 aromatic carbocycles. The van der Waals surface area contributed by atoms with Gasteiger partial charge in [0.25, 0.3) is 10.0 Å². The topological polar surface area (TPSA) is 112 Å². The summed E-state index contributed by atoms with van der Waals surface area (Å²) >= 11 is 0. The zero-order valence-electron chi connectivity index (χ0n) is 11.6. The highest BCUT2D eigenvalue weighted by molar-refractivity contribution is 7.92. The number of benzene rings is 2. The fraction of sp³-hybridized carbons (Fsp3) is 0.0714.